The third-order valence-electron chi connectivity index (χ3n) is 5.49. The molecule has 1 fully saturated rings. The minimum absolute atomic E-state index is 0.0101. The molecule has 2 aromatic carbocycles. The van der Waals surface area contributed by atoms with Crippen LogP contribution in [0.4, 0.5) is 13.2 Å². The second-order valence-electron chi connectivity index (χ2n) is 7.70. The highest BCUT2D eigenvalue weighted by Crippen LogP contribution is 2.43. The Morgan fingerprint density at radius 2 is 1.82 bits per heavy atom. The topological polar surface area (TPSA) is 46.5 Å². The van der Waals surface area contributed by atoms with Gasteiger partial charge in [-0.15, -0.1) is 0 Å². The summed E-state index contributed by atoms with van der Waals surface area (Å²) in [4.78, 5) is 10.7. The molecule has 0 radical (unpaired) electrons. The number of carbonyl (C=O) groups is 1. The lowest BCUT2D eigenvalue weighted by Gasteiger charge is -2.28. The van der Waals surface area contributed by atoms with E-state index >= 15 is 0 Å². The lowest BCUT2D eigenvalue weighted by Crippen LogP contribution is -2.24. The van der Waals surface area contributed by atoms with Crippen molar-refractivity contribution >= 4 is 16.7 Å². The molecule has 0 atom stereocenters. The first-order valence-corrected chi connectivity index (χ1v) is 9.76. The number of alkyl halides is 3. The molecule has 3 nitrogen and oxygen atoms in total. The molecule has 3 rings (SSSR count). The summed E-state index contributed by atoms with van der Waals surface area (Å²) < 4.78 is 47.6. The summed E-state index contributed by atoms with van der Waals surface area (Å²) in [5.74, 6) is -0.428. The number of carboxylic acids is 1. The molecule has 0 spiro atoms. The van der Waals surface area contributed by atoms with Crippen molar-refractivity contribution in [2.24, 2.45) is 5.92 Å². The van der Waals surface area contributed by atoms with Crippen LogP contribution in [0, 0.1) is 5.92 Å². The van der Waals surface area contributed by atoms with Gasteiger partial charge >= 0.3 is 12.1 Å². The summed E-state index contributed by atoms with van der Waals surface area (Å²) in [6, 6.07) is 7.91. The SMILES string of the molecule is CC1CCC(Oc2ccc3c(CCCC(=O)O)cccc3c2C(F)(F)F)CC1. The number of aliphatic carboxylic acids is 1. The first-order chi connectivity index (χ1) is 13.3. The summed E-state index contributed by atoms with van der Waals surface area (Å²) in [6.45, 7) is 2.15. The zero-order chi connectivity index (χ0) is 20.3. The lowest BCUT2D eigenvalue weighted by atomic mass is 9.89. The summed E-state index contributed by atoms with van der Waals surface area (Å²) in [6.07, 6.45) is -0.456. The number of carboxylic acid groups (broad SMARTS) is 1. The van der Waals surface area contributed by atoms with Crippen molar-refractivity contribution in [1.29, 1.82) is 0 Å². The molecule has 0 aromatic heterocycles. The molecule has 2 aromatic rings. The Kier molecular flexibility index (Phi) is 6.16. The molecule has 0 saturated heterocycles. The number of aryl methyl sites for hydroxylation is 1. The standard InChI is InChI=1S/C22H25F3O3/c1-14-8-10-16(11-9-14)28-19-13-12-17-15(5-3-7-20(26)27)4-2-6-18(17)21(19)22(23,24)25/h2,4,6,12-14,16H,3,5,7-11H2,1H3,(H,26,27). The molecule has 28 heavy (non-hydrogen) atoms. The van der Waals surface area contributed by atoms with Gasteiger partial charge in [0, 0.05) is 6.42 Å². The van der Waals surface area contributed by atoms with E-state index in [2.05, 4.69) is 6.92 Å². The van der Waals surface area contributed by atoms with Crippen LogP contribution < -0.4 is 4.74 Å². The zero-order valence-electron chi connectivity index (χ0n) is 15.9. The van der Waals surface area contributed by atoms with Crippen molar-refractivity contribution in [2.45, 2.75) is 64.1 Å². The molecular weight excluding hydrogens is 369 g/mol. The number of benzene rings is 2. The molecule has 0 unspecified atom stereocenters. The lowest BCUT2D eigenvalue weighted by molar-refractivity contribution is -0.138. The van der Waals surface area contributed by atoms with Gasteiger partial charge in [-0.25, -0.2) is 0 Å². The van der Waals surface area contributed by atoms with Gasteiger partial charge < -0.3 is 9.84 Å². The summed E-state index contributed by atoms with van der Waals surface area (Å²) >= 11 is 0. The van der Waals surface area contributed by atoms with Crippen molar-refractivity contribution in [3.8, 4) is 5.75 Å². The predicted octanol–water partition coefficient (Wildman–Crippen LogP) is 6.22. The van der Waals surface area contributed by atoms with Crippen LogP contribution in [0.3, 0.4) is 0 Å². The average Bonchev–Trinajstić information content (AvgIpc) is 2.62. The van der Waals surface area contributed by atoms with Crippen LogP contribution in [0.5, 0.6) is 5.75 Å². The first-order valence-electron chi connectivity index (χ1n) is 9.76. The molecule has 0 amide bonds. The van der Waals surface area contributed by atoms with Crippen LogP contribution in [0.25, 0.3) is 10.8 Å². The van der Waals surface area contributed by atoms with Crippen molar-refractivity contribution in [2.75, 3.05) is 0 Å². The van der Waals surface area contributed by atoms with Gasteiger partial charge in [-0.1, -0.05) is 31.2 Å². The van der Waals surface area contributed by atoms with Crippen molar-refractivity contribution < 1.29 is 27.8 Å². The molecular formula is C22H25F3O3. The van der Waals surface area contributed by atoms with Gasteiger partial charge in [-0.05, 0) is 66.8 Å². The van der Waals surface area contributed by atoms with Gasteiger partial charge in [0.05, 0.1) is 6.10 Å². The van der Waals surface area contributed by atoms with Crippen LogP contribution in [-0.2, 0) is 17.4 Å². The van der Waals surface area contributed by atoms with E-state index in [0.29, 0.717) is 24.1 Å². The first kappa shape index (κ1) is 20.5. The second-order valence-corrected chi connectivity index (χ2v) is 7.70. The second kappa shape index (κ2) is 8.41. The van der Waals surface area contributed by atoms with Crippen molar-refractivity contribution in [3.05, 3.63) is 41.5 Å². The maximum Gasteiger partial charge on any atom is 0.420 e. The number of rotatable bonds is 6. The van der Waals surface area contributed by atoms with E-state index in [1.807, 2.05) is 0 Å². The van der Waals surface area contributed by atoms with Crippen LogP contribution in [0.2, 0.25) is 0 Å². The van der Waals surface area contributed by atoms with E-state index in [-0.39, 0.29) is 23.7 Å². The van der Waals surface area contributed by atoms with Gasteiger partial charge in [-0.3, -0.25) is 4.79 Å². The monoisotopic (exact) mass is 394 g/mol. The largest absolute Gasteiger partial charge is 0.490 e. The van der Waals surface area contributed by atoms with Crippen LogP contribution in [0.1, 0.15) is 56.6 Å². The molecule has 152 valence electrons. The van der Waals surface area contributed by atoms with Crippen molar-refractivity contribution in [3.63, 3.8) is 0 Å². The fourth-order valence-corrected chi connectivity index (χ4v) is 3.97. The third-order valence-corrected chi connectivity index (χ3v) is 5.49. The quantitative estimate of drug-likeness (QED) is 0.632. The molecule has 1 N–H and O–H groups in total. The Morgan fingerprint density at radius 1 is 1.11 bits per heavy atom. The number of hydrogen-bond acceptors (Lipinski definition) is 2. The number of halogens is 3. The molecule has 0 aliphatic heterocycles. The van der Waals surface area contributed by atoms with E-state index in [9.17, 15) is 18.0 Å². The Labute approximate surface area is 162 Å². The third kappa shape index (κ3) is 4.78. The minimum atomic E-state index is -4.53. The predicted molar refractivity (Wildman–Crippen MR) is 102 cm³/mol. The van der Waals surface area contributed by atoms with Crippen LogP contribution in [-0.4, -0.2) is 17.2 Å². The smallest absolute Gasteiger partial charge is 0.420 e. The molecule has 1 aliphatic rings. The Morgan fingerprint density at radius 3 is 2.46 bits per heavy atom. The average molecular weight is 394 g/mol. The van der Waals surface area contributed by atoms with E-state index < -0.39 is 17.7 Å². The normalized spacial score (nSPS) is 20.3. The summed E-state index contributed by atoms with van der Waals surface area (Å²) in [7, 11) is 0. The highest BCUT2D eigenvalue weighted by molar-refractivity contribution is 5.91. The van der Waals surface area contributed by atoms with Gasteiger partial charge in [0.25, 0.3) is 0 Å². The Balaban J connectivity index is 1.95. The maximum absolute atomic E-state index is 13.9. The van der Waals surface area contributed by atoms with E-state index in [0.717, 1.165) is 31.2 Å². The van der Waals surface area contributed by atoms with Gasteiger partial charge in [0.15, 0.2) is 0 Å². The number of hydrogen-bond donors (Lipinski definition) is 1. The maximum atomic E-state index is 13.9. The van der Waals surface area contributed by atoms with Gasteiger partial charge in [0.2, 0.25) is 0 Å². The molecule has 0 heterocycles. The number of fused-ring (bicyclic) bond motifs is 1. The zero-order valence-corrected chi connectivity index (χ0v) is 15.9. The fraction of sp³-hybridized carbons (Fsp3) is 0.500. The van der Waals surface area contributed by atoms with Gasteiger partial charge in [0.1, 0.15) is 11.3 Å². The fourth-order valence-electron chi connectivity index (χ4n) is 3.97. The van der Waals surface area contributed by atoms with Crippen molar-refractivity contribution in [1.82, 2.24) is 0 Å². The van der Waals surface area contributed by atoms with E-state index in [1.54, 1.807) is 18.2 Å². The molecule has 1 aliphatic carbocycles. The van der Waals surface area contributed by atoms with Crippen LogP contribution >= 0.6 is 0 Å². The van der Waals surface area contributed by atoms with E-state index in [1.165, 1.54) is 12.1 Å². The van der Waals surface area contributed by atoms with Crippen LogP contribution in [0.15, 0.2) is 30.3 Å². The molecule has 0 bridgehead atoms. The summed E-state index contributed by atoms with van der Waals surface area (Å²) in [5.41, 5.74) is -0.00834. The molecule has 6 heteroatoms. The molecule has 1 saturated carbocycles. The van der Waals surface area contributed by atoms with Gasteiger partial charge in [-0.2, -0.15) is 13.2 Å². The Bertz CT molecular complexity index is 837. The highest BCUT2D eigenvalue weighted by atomic mass is 19.4. The Hall–Kier alpha value is -2.24. The highest BCUT2D eigenvalue weighted by Gasteiger charge is 2.37. The summed E-state index contributed by atoms with van der Waals surface area (Å²) in [5, 5.41) is 9.42. The van der Waals surface area contributed by atoms with E-state index in [4.69, 9.17) is 9.84 Å². The minimum Gasteiger partial charge on any atom is -0.490 e. The number of ether oxygens (including phenoxy) is 1.